The SMILES string of the molecule is C.C.CCC(C)(C)C(=O)NCCS(=O)(=O)OC. The number of nitrogens with one attached hydrogen (secondary N) is 1. The van der Waals surface area contributed by atoms with Crippen molar-refractivity contribution < 1.29 is 17.4 Å². The van der Waals surface area contributed by atoms with Crippen LogP contribution in [-0.2, 0) is 19.1 Å². The van der Waals surface area contributed by atoms with E-state index in [0.29, 0.717) is 6.42 Å². The second kappa shape index (κ2) is 8.47. The Morgan fingerprint density at radius 1 is 1.29 bits per heavy atom. The molecule has 0 rings (SSSR count). The van der Waals surface area contributed by atoms with Crippen molar-refractivity contribution in [1.29, 1.82) is 0 Å². The molecule has 0 aromatic heterocycles. The lowest BCUT2D eigenvalue weighted by Gasteiger charge is -2.21. The molecule has 17 heavy (non-hydrogen) atoms. The van der Waals surface area contributed by atoms with Gasteiger partial charge < -0.3 is 5.32 Å². The van der Waals surface area contributed by atoms with Gasteiger partial charge in [0.25, 0.3) is 10.1 Å². The zero-order chi connectivity index (χ0) is 12.1. The van der Waals surface area contributed by atoms with E-state index < -0.39 is 15.5 Å². The van der Waals surface area contributed by atoms with Crippen molar-refractivity contribution in [2.75, 3.05) is 19.4 Å². The molecule has 0 atom stereocenters. The first kappa shape index (κ1) is 21.6. The summed E-state index contributed by atoms with van der Waals surface area (Å²) in [5.41, 5.74) is -0.461. The first-order valence-corrected chi connectivity index (χ1v) is 6.39. The van der Waals surface area contributed by atoms with Crippen LogP contribution in [-0.4, -0.2) is 33.7 Å². The highest BCUT2D eigenvalue weighted by Gasteiger charge is 2.25. The van der Waals surface area contributed by atoms with Crippen molar-refractivity contribution in [3.63, 3.8) is 0 Å². The smallest absolute Gasteiger partial charge is 0.268 e. The van der Waals surface area contributed by atoms with Crippen molar-refractivity contribution in [2.45, 2.75) is 42.0 Å². The highest BCUT2D eigenvalue weighted by atomic mass is 32.2. The molecule has 1 N–H and O–H groups in total. The van der Waals surface area contributed by atoms with Crippen LogP contribution in [0, 0.1) is 5.41 Å². The van der Waals surface area contributed by atoms with E-state index in [4.69, 9.17) is 0 Å². The number of carbonyl (C=O) groups is 1. The van der Waals surface area contributed by atoms with Gasteiger partial charge >= 0.3 is 0 Å². The molecule has 0 aromatic rings. The third kappa shape index (κ3) is 8.15. The van der Waals surface area contributed by atoms with Crippen molar-refractivity contribution in [3.8, 4) is 0 Å². The molecule has 0 aliphatic rings. The van der Waals surface area contributed by atoms with Crippen LogP contribution in [0.2, 0.25) is 0 Å². The van der Waals surface area contributed by atoms with E-state index in [1.807, 2.05) is 20.8 Å². The minimum atomic E-state index is -3.48. The minimum absolute atomic E-state index is 0. The molecule has 0 aliphatic heterocycles. The van der Waals surface area contributed by atoms with E-state index >= 15 is 0 Å². The molecule has 0 saturated heterocycles. The zero-order valence-electron chi connectivity index (χ0n) is 9.66. The van der Waals surface area contributed by atoms with Gasteiger partial charge in [-0.05, 0) is 6.42 Å². The standard InChI is InChI=1S/C9H19NO4S.2CH4/c1-5-9(2,3)8(11)10-6-7-15(12,13)14-4;;/h5-7H2,1-4H3,(H,10,11);2*1H4. The molecule has 0 spiro atoms. The Morgan fingerprint density at radius 3 is 2.12 bits per heavy atom. The molecule has 0 aliphatic carbocycles. The van der Waals surface area contributed by atoms with E-state index in [1.165, 1.54) is 0 Å². The summed E-state index contributed by atoms with van der Waals surface area (Å²) >= 11 is 0. The fourth-order valence-corrected chi connectivity index (χ4v) is 1.29. The second-order valence-electron chi connectivity index (χ2n) is 3.92. The van der Waals surface area contributed by atoms with Crippen molar-refractivity contribution >= 4 is 16.0 Å². The van der Waals surface area contributed by atoms with Gasteiger partial charge in [-0.15, -0.1) is 0 Å². The largest absolute Gasteiger partial charge is 0.355 e. The molecule has 0 unspecified atom stereocenters. The molecule has 0 saturated carbocycles. The summed E-state index contributed by atoms with van der Waals surface area (Å²) in [5, 5.41) is 2.57. The van der Waals surface area contributed by atoms with Crippen molar-refractivity contribution in [1.82, 2.24) is 5.32 Å². The molecule has 0 bridgehead atoms. The van der Waals surface area contributed by atoms with E-state index in [1.54, 1.807) is 0 Å². The van der Waals surface area contributed by atoms with Crippen LogP contribution < -0.4 is 5.32 Å². The summed E-state index contributed by atoms with van der Waals surface area (Å²) in [6.07, 6.45) is 0.704. The van der Waals surface area contributed by atoms with Crippen LogP contribution in [0.1, 0.15) is 42.0 Å². The molecule has 0 radical (unpaired) electrons. The van der Waals surface area contributed by atoms with E-state index in [-0.39, 0.29) is 33.1 Å². The number of amides is 1. The third-order valence-electron chi connectivity index (χ3n) is 2.39. The number of hydrogen-bond donors (Lipinski definition) is 1. The highest BCUT2D eigenvalue weighted by Crippen LogP contribution is 2.19. The van der Waals surface area contributed by atoms with Crippen LogP contribution in [0.25, 0.3) is 0 Å². The number of hydrogen-bond acceptors (Lipinski definition) is 4. The topological polar surface area (TPSA) is 72.5 Å². The maximum absolute atomic E-state index is 11.5. The number of rotatable bonds is 6. The van der Waals surface area contributed by atoms with Gasteiger partial charge in [0.05, 0.1) is 12.9 Å². The first-order chi connectivity index (χ1) is 6.75. The molecule has 6 heteroatoms. The quantitative estimate of drug-likeness (QED) is 0.746. The number of carbonyl (C=O) groups excluding carboxylic acids is 1. The van der Waals surface area contributed by atoms with E-state index in [2.05, 4.69) is 9.50 Å². The van der Waals surface area contributed by atoms with Crippen molar-refractivity contribution in [3.05, 3.63) is 0 Å². The summed E-state index contributed by atoms with van der Waals surface area (Å²) in [4.78, 5) is 11.5. The fraction of sp³-hybridized carbons (Fsp3) is 0.909. The molecule has 5 nitrogen and oxygen atoms in total. The Labute approximate surface area is 106 Å². The summed E-state index contributed by atoms with van der Waals surface area (Å²) in [7, 11) is -2.38. The van der Waals surface area contributed by atoms with Gasteiger partial charge in [0.15, 0.2) is 0 Å². The predicted molar refractivity (Wildman–Crippen MR) is 71.3 cm³/mol. The summed E-state index contributed by atoms with van der Waals surface area (Å²) in [6, 6.07) is 0. The van der Waals surface area contributed by atoms with Crippen LogP contribution in [0.15, 0.2) is 0 Å². The summed E-state index contributed by atoms with van der Waals surface area (Å²) in [6.45, 7) is 5.62. The zero-order valence-corrected chi connectivity index (χ0v) is 10.5. The minimum Gasteiger partial charge on any atom is -0.355 e. The van der Waals surface area contributed by atoms with E-state index in [9.17, 15) is 13.2 Å². The Bertz CT molecular complexity index is 309. The maximum Gasteiger partial charge on any atom is 0.268 e. The van der Waals surface area contributed by atoms with Gasteiger partial charge in [-0.25, -0.2) is 0 Å². The van der Waals surface area contributed by atoms with Gasteiger partial charge in [0.1, 0.15) is 0 Å². The monoisotopic (exact) mass is 269 g/mol. The first-order valence-electron chi connectivity index (χ1n) is 4.82. The lowest BCUT2D eigenvalue weighted by Crippen LogP contribution is -2.38. The molecule has 0 fully saturated rings. The van der Waals surface area contributed by atoms with Crippen LogP contribution in [0.4, 0.5) is 0 Å². The Morgan fingerprint density at radius 2 is 1.76 bits per heavy atom. The second-order valence-corrected chi connectivity index (χ2v) is 5.78. The van der Waals surface area contributed by atoms with Gasteiger partial charge in [0.2, 0.25) is 5.91 Å². The molecular weight excluding hydrogens is 242 g/mol. The Balaban J connectivity index is -0.000000980. The van der Waals surface area contributed by atoms with Crippen LogP contribution in [0.3, 0.4) is 0 Å². The van der Waals surface area contributed by atoms with Gasteiger partial charge in [-0.1, -0.05) is 35.6 Å². The molecule has 1 amide bonds. The average molecular weight is 269 g/mol. The van der Waals surface area contributed by atoms with Crippen molar-refractivity contribution in [2.24, 2.45) is 5.41 Å². The molecule has 0 aromatic carbocycles. The fourth-order valence-electron chi connectivity index (χ4n) is 0.773. The lowest BCUT2D eigenvalue weighted by molar-refractivity contribution is -0.129. The lowest BCUT2D eigenvalue weighted by atomic mass is 9.89. The predicted octanol–water partition coefficient (Wildman–Crippen LogP) is 1.79. The van der Waals surface area contributed by atoms with Gasteiger partial charge in [-0.3, -0.25) is 8.98 Å². The van der Waals surface area contributed by atoms with Gasteiger partial charge in [0, 0.05) is 12.0 Å². The van der Waals surface area contributed by atoms with Gasteiger partial charge in [-0.2, -0.15) is 8.42 Å². The van der Waals surface area contributed by atoms with Crippen LogP contribution in [0.5, 0.6) is 0 Å². The molecule has 106 valence electrons. The summed E-state index contributed by atoms with van der Waals surface area (Å²) < 4.78 is 26.1. The Hall–Kier alpha value is -0.620. The third-order valence-corrected chi connectivity index (χ3v) is 3.60. The maximum atomic E-state index is 11.5. The normalized spacial score (nSPS) is 11.1. The molecular formula is C11H27NO4S. The van der Waals surface area contributed by atoms with Crippen LogP contribution >= 0.6 is 0 Å². The Kier molecular flexibility index (Phi) is 10.8. The summed E-state index contributed by atoms with van der Waals surface area (Å²) in [5.74, 6) is -0.342. The highest BCUT2D eigenvalue weighted by molar-refractivity contribution is 7.86. The molecule has 0 heterocycles. The average Bonchev–Trinajstić information content (AvgIpc) is 2.17. The van der Waals surface area contributed by atoms with E-state index in [0.717, 1.165) is 7.11 Å².